The molecular formula is C24H48N5O3S. The van der Waals surface area contributed by atoms with Crippen LogP contribution in [0.3, 0.4) is 0 Å². The van der Waals surface area contributed by atoms with E-state index in [4.69, 9.17) is 0 Å². The van der Waals surface area contributed by atoms with E-state index >= 15 is 0 Å². The lowest BCUT2D eigenvalue weighted by molar-refractivity contribution is -0.125. The SMILES string of the molecule is CCC(CC)NCCNC(=O)CC(SC[CH]C(=O)NC(C)C)C(=O)NCCCN(CC)CC. The van der Waals surface area contributed by atoms with E-state index in [2.05, 4.69) is 53.9 Å². The number of nitrogens with one attached hydrogen (secondary N) is 4. The number of carbonyl (C=O) groups is 3. The highest BCUT2D eigenvalue weighted by Gasteiger charge is 2.22. The third-order valence-electron chi connectivity index (χ3n) is 5.37. The lowest BCUT2D eigenvalue weighted by atomic mass is 10.2. The predicted molar refractivity (Wildman–Crippen MR) is 139 cm³/mol. The van der Waals surface area contributed by atoms with Crippen molar-refractivity contribution in [3.8, 4) is 0 Å². The lowest BCUT2D eigenvalue weighted by Gasteiger charge is -2.19. The van der Waals surface area contributed by atoms with Crippen LogP contribution in [0.25, 0.3) is 0 Å². The Labute approximate surface area is 206 Å². The Morgan fingerprint density at radius 3 is 2.18 bits per heavy atom. The van der Waals surface area contributed by atoms with Gasteiger partial charge in [-0.3, -0.25) is 14.4 Å². The van der Waals surface area contributed by atoms with Crippen molar-refractivity contribution in [2.45, 2.75) is 84.6 Å². The number of nitrogens with zero attached hydrogens (tertiary/aromatic N) is 1. The van der Waals surface area contributed by atoms with Gasteiger partial charge in [-0.2, -0.15) is 0 Å². The minimum absolute atomic E-state index is 0.0584. The quantitative estimate of drug-likeness (QED) is 0.196. The summed E-state index contributed by atoms with van der Waals surface area (Å²) in [5.74, 6) is -0.0846. The summed E-state index contributed by atoms with van der Waals surface area (Å²) < 4.78 is 0. The van der Waals surface area contributed by atoms with Gasteiger partial charge in [-0.1, -0.05) is 27.7 Å². The van der Waals surface area contributed by atoms with Crippen LogP contribution in [0, 0.1) is 6.42 Å². The summed E-state index contributed by atoms with van der Waals surface area (Å²) in [5.41, 5.74) is 0. The van der Waals surface area contributed by atoms with E-state index in [1.165, 1.54) is 18.2 Å². The third-order valence-corrected chi connectivity index (χ3v) is 6.51. The molecular weight excluding hydrogens is 438 g/mol. The molecule has 4 N–H and O–H groups in total. The highest BCUT2D eigenvalue weighted by atomic mass is 32.2. The number of amides is 3. The van der Waals surface area contributed by atoms with Gasteiger partial charge in [0.05, 0.1) is 11.7 Å². The second-order valence-corrected chi connectivity index (χ2v) is 9.62. The van der Waals surface area contributed by atoms with Crippen LogP contribution in [0.2, 0.25) is 0 Å². The van der Waals surface area contributed by atoms with Crippen molar-refractivity contribution >= 4 is 29.5 Å². The fraction of sp³-hybridized carbons (Fsp3) is 0.833. The molecule has 0 aliphatic carbocycles. The van der Waals surface area contributed by atoms with Crippen LogP contribution >= 0.6 is 11.8 Å². The Balaban J connectivity index is 4.60. The molecule has 0 aromatic rings. The normalized spacial score (nSPS) is 12.3. The van der Waals surface area contributed by atoms with Gasteiger partial charge in [0.25, 0.3) is 0 Å². The van der Waals surface area contributed by atoms with E-state index in [0.717, 1.165) is 38.9 Å². The largest absolute Gasteiger partial charge is 0.355 e. The number of thioether (sulfide) groups is 1. The minimum atomic E-state index is -0.534. The van der Waals surface area contributed by atoms with Crippen LogP contribution in [-0.2, 0) is 14.4 Å². The van der Waals surface area contributed by atoms with Crippen molar-refractivity contribution in [1.82, 2.24) is 26.2 Å². The zero-order valence-corrected chi connectivity index (χ0v) is 22.5. The van der Waals surface area contributed by atoms with Gasteiger partial charge in [-0.15, -0.1) is 11.8 Å². The Morgan fingerprint density at radius 1 is 0.939 bits per heavy atom. The topological polar surface area (TPSA) is 103 Å². The van der Waals surface area contributed by atoms with Gasteiger partial charge < -0.3 is 26.2 Å². The number of rotatable bonds is 20. The molecule has 9 heteroatoms. The summed E-state index contributed by atoms with van der Waals surface area (Å²) in [5, 5.41) is 11.6. The highest BCUT2D eigenvalue weighted by molar-refractivity contribution is 8.00. The molecule has 0 heterocycles. The molecule has 0 aromatic heterocycles. The minimum Gasteiger partial charge on any atom is -0.355 e. The van der Waals surface area contributed by atoms with Gasteiger partial charge >= 0.3 is 0 Å². The number of carbonyl (C=O) groups excluding carboxylic acids is 3. The molecule has 0 spiro atoms. The molecule has 0 bridgehead atoms. The summed E-state index contributed by atoms with van der Waals surface area (Å²) >= 11 is 1.32. The molecule has 193 valence electrons. The zero-order valence-electron chi connectivity index (χ0n) is 21.7. The molecule has 33 heavy (non-hydrogen) atoms. The standard InChI is InChI=1S/C24H48N5O3S/c1-7-20(8-2)25-14-15-26-23(31)18-21(33-17-12-22(30)28-19(5)6)24(32)27-13-11-16-29(9-3)10-4/h12,19-21,25H,7-11,13-18H2,1-6H3,(H,26,31)(H,27,32)(H,28,30). The summed E-state index contributed by atoms with van der Waals surface area (Å²) in [6.45, 7) is 17.0. The van der Waals surface area contributed by atoms with E-state index in [1.54, 1.807) is 0 Å². The summed E-state index contributed by atoms with van der Waals surface area (Å²) in [6, 6.07) is 0.517. The van der Waals surface area contributed by atoms with Crippen molar-refractivity contribution in [2.24, 2.45) is 0 Å². The second kappa shape index (κ2) is 20.1. The van der Waals surface area contributed by atoms with Crippen LogP contribution in [0.4, 0.5) is 0 Å². The van der Waals surface area contributed by atoms with E-state index in [9.17, 15) is 14.4 Å². The Kier molecular flexibility index (Phi) is 19.3. The molecule has 1 unspecified atom stereocenters. The van der Waals surface area contributed by atoms with E-state index in [0.29, 0.717) is 31.4 Å². The summed E-state index contributed by atoms with van der Waals surface area (Å²) in [7, 11) is 0. The second-order valence-electron chi connectivity index (χ2n) is 8.38. The van der Waals surface area contributed by atoms with Crippen molar-refractivity contribution in [1.29, 1.82) is 0 Å². The van der Waals surface area contributed by atoms with Crippen molar-refractivity contribution in [3.05, 3.63) is 6.42 Å². The molecule has 0 aliphatic rings. The Hall–Kier alpha value is -1.32. The summed E-state index contributed by atoms with van der Waals surface area (Å²) in [6.07, 6.45) is 4.60. The van der Waals surface area contributed by atoms with Gasteiger partial charge in [0.15, 0.2) is 0 Å². The maximum atomic E-state index is 12.8. The van der Waals surface area contributed by atoms with E-state index in [-0.39, 0.29) is 30.2 Å². The molecule has 1 radical (unpaired) electrons. The molecule has 0 fully saturated rings. The van der Waals surface area contributed by atoms with Gasteiger partial charge in [-0.05, 0) is 52.7 Å². The molecule has 0 aliphatic heterocycles. The first-order valence-electron chi connectivity index (χ1n) is 12.5. The third kappa shape index (κ3) is 16.9. The average Bonchev–Trinajstić information content (AvgIpc) is 2.78. The molecule has 0 saturated heterocycles. The highest BCUT2D eigenvalue weighted by Crippen LogP contribution is 2.16. The van der Waals surface area contributed by atoms with Crippen LogP contribution in [0.1, 0.15) is 67.2 Å². The Morgan fingerprint density at radius 2 is 1.61 bits per heavy atom. The number of hydrogen-bond acceptors (Lipinski definition) is 6. The predicted octanol–water partition coefficient (Wildman–Crippen LogP) is 1.95. The average molecular weight is 487 g/mol. The zero-order chi connectivity index (χ0) is 25.1. The lowest BCUT2D eigenvalue weighted by Crippen LogP contribution is -2.40. The molecule has 0 aromatic carbocycles. The fourth-order valence-corrected chi connectivity index (χ4v) is 4.26. The molecule has 1 atom stereocenters. The van der Waals surface area contributed by atoms with Crippen LogP contribution in [0.15, 0.2) is 0 Å². The number of hydrogen-bond donors (Lipinski definition) is 4. The molecule has 8 nitrogen and oxygen atoms in total. The first kappa shape index (κ1) is 31.7. The van der Waals surface area contributed by atoms with Gasteiger partial charge in [0.2, 0.25) is 17.7 Å². The summed E-state index contributed by atoms with van der Waals surface area (Å²) in [4.78, 5) is 39.4. The van der Waals surface area contributed by atoms with Crippen LogP contribution < -0.4 is 21.3 Å². The van der Waals surface area contributed by atoms with Crippen molar-refractivity contribution in [3.63, 3.8) is 0 Å². The van der Waals surface area contributed by atoms with Crippen molar-refractivity contribution in [2.75, 3.05) is 45.0 Å². The van der Waals surface area contributed by atoms with Gasteiger partial charge in [0, 0.05) is 43.9 Å². The van der Waals surface area contributed by atoms with Gasteiger partial charge in [-0.25, -0.2) is 0 Å². The van der Waals surface area contributed by atoms with Crippen molar-refractivity contribution < 1.29 is 14.4 Å². The van der Waals surface area contributed by atoms with E-state index < -0.39 is 5.25 Å². The molecule has 0 rings (SSSR count). The van der Waals surface area contributed by atoms with Crippen LogP contribution in [0.5, 0.6) is 0 Å². The fourth-order valence-electron chi connectivity index (χ4n) is 3.27. The maximum Gasteiger partial charge on any atom is 0.233 e. The first-order chi connectivity index (χ1) is 15.8. The smallest absolute Gasteiger partial charge is 0.233 e. The maximum absolute atomic E-state index is 12.8. The van der Waals surface area contributed by atoms with E-state index in [1.807, 2.05) is 13.8 Å². The monoisotopic (exact) mass is 486 g/mol. The molecule has 3 amide bonds. The first-order valence-corrected chi connectivity index (χ1v) is 13.6. The Bertz CT molecular complexity index is 540. The van der Waals surface area contributed by atoms with Crippen LogP contribution in [-0.4, -0.2) is 85.0 Å². The molecule has 0 saturated carbocycles. The van der Waals surface area contributed by atoms with Gasteiger partial charge in [0.1, 0.15) is 0 Å².